The summed E-state index contributed by atoms with van der Waals surface area (Å²) < 4.78 is 0. The number of benzene rings is 1. The molecule has 2 fully saturated rings. The first-order valence-electron chi connectivity index (χ1n) is 12.6. The van der Waals surface area contributed by atoms with E-state index in [4.69, 9.17) is 0 Å². The second kappa shape index (κ2) is 10.7. The molecule has 1 saturated heterocycles. The van der Waals surface area contributed by atoms with Crippen molar-refractivity contribution in [2.45, 2.75) is 63.6 Å². The number of fused-ring (bicyclic) bond motifs is 1. The molecule has 0 bridgehead atoms. The topological polar surface area (TPSA) is 98.7 Å². The number of likely N-dealkylation sites (tertiary alicyclic amines) is 1. The molecule has 3 aliphatic rings. The summed E-state index contributed by atoms with van der Waals surface area (Å²) in [5.41, 5.74) is 0.988. The van der Waals surface area contributed by atoms with Gasteiger partial charge in [-0.05, 0) is 30.7 Å². The molecule has 1 aromatic rings. The van der Waals surface area contributed by atoms with Gasteiger partial charge in [0.2, 0.25) is 17.7 Å². The lowest BCUT2D eigenvalue weighted by atomic mass is 9.70. The maximum atomic E-state index is 13.9. The van der Waals surface area contributed by atoms with Crippen molar-refractivity contribution >= 4 is 17.7 Å². The van der Waals surface area contributed by atoms with Crippen molar-refractivity contribution in [1.82, 2.24) is 15.5 Å². The highest BCUT2D eigenvalue weighted by Crippen LogP contribution is 2.45. The molecule has 0 unspecified atom stereocenters. The van der Waals surface area contributed by atoms with Crippen LogP contribution in [0.25, 0.3) is 0 Å². The Labute approximate surface area is 202 Å². The van der Waals surface area contributed by atoms with Crippen molar-refractivity contribution in [3.05, 3.63) is 48.0 Å². The molecule has 1 saturated carbocycles. The van der Waals surface area contributed by atoms with E-state index in [1.54, 1.807) is 11.9 Å². The van der Waals surface area contributed by atoms with Crippen LogP contribution in [0.3, 0.4) is 0 Å². The number of amides is 3. The summed E-state index contributed by atoms with van der Waals surface area (Å²) in [4.78, 5) is 42.1. The van der Waals surface area contributed by atoms with E-state index in [1.165, 1.54) is 6.42 Å². The molecule has 1 aliphatic heterocycles. The highest BCUT2D eigenvalue weighted by atomic mass is 16.3. The number of aliphatic hydroxyl groups excluding tert-OH is 1. The molecule has 184 valence electrons. The quantitative estimate of drug-likeness (QED) is 0.535. The van der Waals surface area contributed by atoms with Crippen LogP contribution in [0.15, 0.2) is 42.5 Å². The minimum atomic E-state index is -0.740. The van der Waals surface area contributed by atoms with Crippen molar-refractivity contribution in [2.75, 3.05) is 13.7 Å². The molecule has 4 rings (SSSR count). The van der Waals surface area contributed by atoms with Crippen molar-refractivity contribution in [2.24, 2.45) is 23.7 Å². The second-order valence-corrected chi connectivity index (χ2v) is 10.0. The summed E-state index contributed by atoms with van der Waals surface area (Å²) in [7, 11) is 1.58. The minimum Gasteiger partial charge on any atom is -0.394 e. The summed E-state index contributed by atoms with van der Waals surface area (Å²) in [5.74, 6) is -2.25. The molecule has 3 N–H and O–H groups in total. The van der Waals surface area contributed by atoms with Crippen LogP contribution in [0.5, 0.6) is 0 Å². The van der Waals surface area contributed by atoms with Crippen LogP contribution in [0.4, 0.5) is 0 Å². The molecule has 6 atom stereocenters. The van der Waals surface area contributed by atoms with E-state index in [9.17, 15) is 19.5 Å². The molecule has 34 heavy (non-hydrogen) atoms. The second-order valence-electron chi connectivity index (χ2n) is 10.0. The van der Waals surface area contributed by atoms with Crippen LogP contribution < -0.4 is 10.6 Å². The first kappa shape index (κ1) is 24.5. The maximum Gasteiger partial charge on any atom is 0.243 e. The average Bonchev–Trinajstić information content (AvgIpc) is 3.15. The average molecular weight is 468 g/mol. The van der Waals surface area contributed by atoms with E-state index in [1.807, 2.05) is 49.4 Å². The normalized spacial score (nSPS) is 30.0. The van der Waals surface area contributed by atoms with E-state index >= 15 is 0 Å². The van der Waals surface area contributed by atoms with Gasteiger partial charge in [0.05, 0.1) is 24.5 Å². The van der Waals surface area contributed by atoms with Crippen LogP contribution in [-0.4, -0.2) is 59.5 Å². The van der Waals surface area contributed by atoms with Crippen LogP contribution in [0, 0.1) is 23.7 Å². The number of carbonyl (C=O) groups excluding carboxylic acids is 3. The lowest BCUT2D eigenvalue weighted by Crippen LogP contribution is -2.54. The molecular formula is C27H37N3O4. The van der Waals surface area contributed by atoms with Crippen molar-refractivity contribution in [3.63, 3.8) is 0 Å². The van der Waals surface area contributed by atoms with Gasteiger partial charge in [0, 0.05) is 19.0 Å². The van der Waals surface area contributed by atoms with Gasteiger partial charge in [-0.25, -0.2) is 0 Å². The van der Waals surface area contributed by atoms with Crippen LogP contribution in [0.2, 0.25) is 0 Å². The van der Waals surface area contributed by atoms with E-state index in [0.29, 0.717) is 6.42 Å². The zero-order valence-corrected chi connectivity index (χ0v) is 20.2. The zero-order valence-electron chi connectivity index (χ0n) is 20.2. The standard InChI is InChI=1S/C27H37N3O4/c1-17-13-14-21-23(22(17)25(32)28-2)27(34)30(20(16-31)15-18-9-5-3-6-10-18)24(21)26(33)29-19-11-7-4-8-12-19/h3,5-6,9-10,13-14,17,19-24,31H,4,7-8,11-12,15-16H2,1-2H3,(H,28,32)(H,29,33)/t17-,20-,21+,22-,23+,24+/m1/s1. The third kappa shape index (κ3) is 4.76. The van der Waals surface area contributed by atoms with Gasteiger partial charge in [-0.2, -0.15) is 0 Å². The summed E-state index contributed by atoms with van der Waals surface area (Å²) in [5, 5.41) is 16.3. The summed E-state index contributed by atoms with van der Waals surface area (Å²) in [6, 6.07) is 8.52. The molecule has 0 aromatic heterocycles. The van der Waals surface area contributed by atoms with Gasteiger partial charge < -0.3 is 20.6 Å². The lowest BCUT2D eigenvalue weighted by molar-refractivity contribution is -0.143. The molecule has 1 aromatic carbocycles. The monoisotopic (exact) mass is 467 g/mol. The lowest BCUT2D eigenvalue weighted by Gasteiger charge is -2.35. The molecule has 7 heteroatoms. The maximum absolute atomic E-state index is 13.9. The van der Waals surface area contributed by atoms with Crippen molar-refractivity contribution in [3.8, 4) is 0 Å². The smallest absolute Gasteiger partial charge is 0.243 e. The largest absolute Gasteiger partial charge is 0.394 e. The Kier molecular flexibility index (Phi) is 7.71. The van der Waals surface area contributed by atoms with Gasteiger partial charge in [-0.15, -0.1) is 0 Å². The number of nitrogens with zero attached hydrogens (tertiary/aromatic N) is 1. The van der Waals surface area contributed by atoms with Crippen LogP contribution in [0.1, 0.15) is 44.6 Å². The Bertz CT molecular complexity index is 912. The number of carbonyl (C=O) groups is 3. The third-order valence-electron chi connectivity index (χ3n) is 7.90. The number of allylic oxidation sites excluding steroid dienone is 1. The minimum absolute atomic E-state index is 0.111. The SMILES string of the molecule is CNC(=O)[C@H]1[C@H]2C(=O)N([C@@H](CO)Cc3ccccc3)[C@H](C(=O)NC3CCCCC3)[C@H]2C=C[C@H]1C. The van der Waals surface area contributed by atoms with Gasteiger partial charge in [-0.3, -0.25) is 14.4 Å². The zero-order chi connectivity index (χ0) is 24.2. The van der Waals surface area contributed by atoms with Gasteiger partial charge in [-0.1, -0.05) is 68.7 Å². The van der Waals surface area contributed by atoms with Crippen LogP contribution >= 0.6 is 0 Å². The summed E-state index contributed by atoms with van der Waals surface area (Å²) in [6.45, 7) is 1.68. The highest BCUT2D eigenvalue weighted by molar-refractivity contribution is 5.97. The Hall–Kier alpha value is -2.67. The number of hydrogen-bond donors (Lipinski definition) is 3. The van der Waals surface area contributed by atoms with Gasteiger partial charge in [0.1, 0.15) is 6.04 Å². The van der Waals surface area contributed by atoms with Gasteiger partial charge in [0.25, 0.3) is 0 Å². The van der Waals surface area contributed by atoms with E-state index < -0.39 is 29.8 Å². The molecule has 0 radical (unpaired) electrons. The summed E-state index contributed by atoms with van der Waals surface area (Å²) in [6.07, 6.45) is 9.62. The number of aliphatic hydroxyl groups is 1. The van der Waals surface area contributed by atoms with E-state index in [-0.39, 0.29) is 36.3 Å². The van der Waals surface area contributed by atoms with Gasteiger partial charge >= 0.3 is 0 Å². The fourth-order valence-electron chi connectivity index (χ4n) is 6.17. The first-order valence-corrected chi connectivity index (χ1v) is 12.6. The summed E-state index contributed by atoms with van der Waals surface area (Å²) >= 11 is 0. The highest BCUT2D eigenvalue weighted by Gasteiger charge is 2.58. The molecular weight excluding hydrogens is 430 g/mol. The third-order valence-corrected chi connectivity index (χ3v) is 7.90. The van der Waals surface area contributed by atoms with Gasteiger partial charge in [0.15, 0.2) is 0 Å². The molecule has 3 amide bonds. The Morgan fingerprint density at radius 3 is 2.44 bits per heavy atom. The molecule has 2 aliphatic carbocycles. The predicted molar refractivity (Wildman–Crippen MR) is 130 cm³/mol. The molecule has 0 spiro atoms. The first-order chi connectivity index (χ1) is 16.5. The Balaban J connectivity index is 1.68. The molecule has 7 nitrogen and oxygen atoms in total. The fourth-order valence-corrected chi connectivity index (χ4v) is 6.17. The van der Waals surface area contributed by atoms with Crippen LogP contribution in [-0.2, 0) is 20.8 Å². The van der Waals surface area contributed by atoms with Crippen molar-refractivity contribution < 1.29 is 19.5 Å². The number of rotatable bonds is 7. The van der Waals surface area contributed by atoms with E-state index in [2.05, 4.69) is 10.6 Å². The van der Waals surface area contributed by atoms with Crippen molar-refractivity contribution in [1.29, 1.82) is 0 Å². The van der Waals surface area contributed by atoms with E-state index in [0.717, 1.165) is 31.2 Å². The fraction of sp³-hybridized carbons (Fsp3) is 0.593. The Morgan fingerprint density at radius 1 is 1.09 bits per heavy atom. The molecule has 1 heterocycles. The number of hydrogen-bond acceptors (Lipinski definition) is 4. The predicted octanol–water partition coefficient (Wildman–Crippen LogP) is 2.05. The number of nitrogens with one attached hydrogen (secondary N) is 2. The Morgan fingerprint density at radius 2 is 1.79 bits per heavy atom.